The van der Waals surface area contributed by atoms with Gasteiger partial charge in [0.15, 0.2) is 0 Å². The zero-order valence-corrected chi connectivity index (χ0v) is 12.5. The first kappa shape index (κ1) is 16.3. The molecule has 1 aliphatic heterocycles. The third-order valence-electron chi connectivity index (χ3n) is 3.26. The SMILES string of the molecule is CC(C)(C)OC(=O)NCC(=O)N1CCCC1(C)C(N)=O. The van der Waals surface area contributed by atoms with Crippen LogP contribution in [0.1, 0.15) is 40.5 Å². The molecule has 114 valence electrons. The molecule has 3 amide bonds. The van der Waals surface area contributed by atoms with Crippen molar-refractivity contribution < 1.29 is 19.1 Å². The Morgan fingerprint density at radius 2 is 1.95 bits per heavy atom. The molecule has 1 heterocycles. The van der Waals surface area contributed by atoms with Crippen LogP contribution in [0.15, 0.2) is 0 Å². The van der Waals surface area contributed by atoms with Crippen LogP contribution in [0.5, 0.6) is 0 Å². The van der Waals surface area contributed by atoms with Crippen molar-refractivity contribution in [3.05, 3.63) is 0 Å². The summed E-state index contributed by atoms with van der Waals surface area (Å²) in [4.78, 5) is 36.5. The molecule has 1 atom stereocenters. The van der Waals surface area contributed by atoms with E-state index in [0.717, 1.165) is 6.42 Å². The van der Waals surface area contributed by atoms with Crippen LogP contribution in [0, 0.1) is 0 Å². The Hall–Kier alpha value is -1.79. The third kappa shape index (κ3) is 3.85. The summed E-state index contributed by atoms with van der Waals surface area (Å²) in [5.41, 5.74) is 3.77. The Morgan fingerprint density at radius 3 is 2.45 bits per heavy atom. The van der Waals surface area contributed by atoms with Crippen LogP contribution in [0.2, 0.25) is 0 Å². The molecule has 0 bridgehead atoms. The molecule has 20 heavy (non-hydrogen) atoms. The van der Waals surface area contributed by atoms with Crippen LogP contribution in [0.25, 0.3) is 0 Å². The number of rotatable bonds is 3. The van der Waals surface area contributed by atoms with Gasteiger partial charge in [0.25, 0.3) is 0 Å². The van der Waals surface area contributed by atoms with Crippen LogP contribution in [0.3, 0.4) is 0 Å². The molecule has 1 fully saturated rings. The number of carbonyl (C=O) groups is 3. The fourth-order valence-corrected chi connectivity index (χ4v) is 2.18. The highest BCUT2D eigenvalue weighted by Gasteiger charge is 2.44. The molecule has 3 N–H and O–H groups in total. The predicted molar refractivity (Wildman–Crippen MR) is 72.8 cm³/mol. The van der Waals surface area contributed by atoms with E-state index in [1.54, 1.807) is 27.7 Å². The summed E-state index contributed by atoms with van der Waals surface area (Å²) in [6, 6.07) is 0. The number of amides is 3. The monoisotopic (exact) mass is 285 g/mol. The van der Waals surface area contributed by atoms with E-state index in [1.165, 1.54) is 4.90 Å². The summed E-state index contributed by atoms with van der Waals surface area (Å²) in [6.45, 7) is 7.11. The minimum Gasteiger partial charge on any atom is -0.444 e. The number of nitrogens with one attached hydrogen (secondary N) is 1. The average molecular weight is 285 g/mol. The largest absolute Gasteiger partial charge is 0.444 e. The van der Waals surface area contributed by atoms with Crippen molar-refractivity contribution in [1.82, 2.24) is 10.2 Å². The molecule has 1 saturated heterocycles. The summed E-state index contributed by atoms with van der Waals surface area (Å²) in [5, 5.41) is 2.39. The molecule has 0 aromatic carbocycles. The minimum atomic E-state index is -0.966. The molecule has 7 nitrogen and oxygen atoms in total. The number of primary amides is 1. The van der Waals surface area contributed by atoms with Crippen LogP contribution in [0.4, 0.5) is 4.79 Å². The Kier molecular flexibility index (Phi) is 4.62. The van der Waals surface area contributed by atoms with E-state index in [4.69, 9.17) is 10.5 Å². The summed E-state index contributed by atoms with van der Waals surface area (Å²) in [7, 11) is 0. The lowest BCUT2D eigenvalue weighted by molar-refractivity contribution is -0.141. The standard InChI is InChI=1S/C13H23N3O4/c1-12(2,3)20-11(19)15-8-9(17)16-7-5-6-13(16,4)10(14)18/h5-8H2,1-4H3,(H2,14,18)(H,15,19). The Morgan fingerprint density at radius 1 is 1.35 bits per heavy atom. The van der Waals surface area contributed by atoms with Crippen molar-refractivity contribution >= 4 is 17.9 Å². The number of carbonyl (C=O) groups excluding carboxylic acids is 3. The number of likely N-dealkylation sites (tertiary alicyclic amines) is 1. The van der Waals surface area contributed by atoms with Gasteiger partial charge < -0.3 is 20.7 Å². The lowest BCUT2D eigenvalue weighted by atomic mass is 9.98. The molecule has 7 heteroatoms. The second-order valence-corrected chi connectivity index (χ2v) is 6.14. The van der Waals surface area contributed by atoms with Crippen molar-refractivity contribution in [1.29, 1.82) is 0 Å². The Labute approximate surface area is 118 Å². The van der Waals surface area contributed by atoms with E-state index < -0.39 is 23.1 Å². The fraction of sp³-hybridized carbons (Fsp3) is 0.769. The van der Waals surface area contributed by atoms with Crippen molar-refractivity contribution in [2.75, 3.05) is 13.1 Å². The summed E-state index contributed by atoms with van der Waals surface area (Å²) < 4.78 is 5.04. The molecule has 0 radical (unpaired) electrons. The quantitative estimate of drug-likeness (QED) is 0.782. The minimum absolute atomic E-state index is 0.211. The Balaban J connectivity index is 2.55. The van der Waals surface area contributed by atoms with Crippen LogP contribution >= 0.6 is 0 Å². The highest BCUT2D eigenvalue weighted by Crippen LogP contribution is 2.28. The number of nitrogens with zero attached hydrogens (tertiary/aromatic N) is 1. The average Bonchev–Trinajstić information content (AvgIpc) is 2.67. The molecular weight excluding hydrogens is 262 g/mol. The maximum Gasteiger partial charge on any atom is 0.408 e. The molecule has 0 spiro atoms. The first-order valence-electron chi connectivity index (χ1n) is 6.63. The van der Waals surface area contributed by atoms with E-state index in [2.05, 4.69) is 5.32 Å². The van der Waals surface area contributed by atoms with Gasteiger partial charge in [0.05, 0.1) is 0 Å². The molecule has 1 aliphatic rings. The lowest BCUT2D eigenvalue weighted by Gasteiger charge is -2.32. The van der Waals surface area contributed by atoms with Gasteiger partial charge in [0.1, 0.15) is 17.7 Å². The van der Waals surface area contributed by atoms with Gasteiger partial charge in [0, 0.05) is 6.54 Å². The molecule has 0 aromatic rings. The van der Waals surface area contributed by atoms with Gasteiger partial charge in [-0.25, -0.2) is 4.79 Å². The Bertz CT molecular complexity index is 416. The zero-order valence-electron chi connectivity index (χ0n) is 12.5. The first-order chi connectivity index (χ1) is 9.06. The van der Waals surface area contributed by atoms with E-state index in [9.17, 15) is 14.4 Å². The highest BCUT2D eigenvalue weighted by atomic mass is 16.6. The van der Waals surface area contributed by atoms with Crippen molar-refractivity contribution in [2.24, 2.45) is 5.73 Å². The zero-order chi connectivity index (χ0) is 15.6. The van der Waals surface area contributed by atoms with E-state index >= 15 is 0 Å². The lowest BCUT2D eigenvalue weighted by Crippen LogP contribution is -2.56. The number of ether oxygens (including phenoxy) is 1. The van der Waals surface area contributed by atoms with E-state index in [0.29, 0.717) is 13.0 Å². The second kappa shape index (κ2) is 5.68. The van der Waals surface area contributed by atoms with E-state index in [-0.39, 0.29) is 12.5 Å². The summed E-state index contributed by atoms with van der Waals surface area (Å²) >= 11 is 0. The van der Waals surface area contributed by atoms with E-state index in [1.807, 2.05) is 0 Å². The van der Waals surface area contributed by atoms with Crippen LogP contribution in [-0.2, 0) is 14.3 Å². The molecule has 1 unspecified atom stereocenters. The van der Waals surface area contributed by atoms with Gasteiger partial charge in [-0.2, -0.15) is 0 Å². The smallest absolute Gasteiger partial charge is 0.408 e. The number of hydrogen-bond acceptors (Lipinski definition) is 4. The van der Waals surface area contributed by atoms with Gasteiger partial charge in [-0.15, -0.1) is 0 Å². The van der Waals surface area contributed by atoms with Crippen molar-refractivity contribution in [3.63, 3.8) is 0 Å². The molecule has 0 aliphatic carbocycles. The summed E-state index contributed by atoms with van der Waals surface area (Å²) in [5.74, 6) is -0.865. The normalized spacial score (nSPS) is 22.5. The van der Waals surface area contributed by atoms with Crippen molar-refractivity contribution in [3.8, 4) is 0 Å². The number of nitrogens with two attached hydrogens (primary N) is 1. The predicted octanol–water partition coefficient (Wildman–Crippen LogP) is 0.378. The first-order valence-corrected chi connectivity index (χ1v) is 6.63. The maximum absolute atomic E-state index is 12.1. The summed E-state index contributed by atoms with van der Waals surface area (Å²) in [6.07, 6.45) is 0.601. The number of hydrogen-bond donors (Lipinski definition) is 2. The van der Waals surface area contributed by atoms with Crippen LogP contribution in [-0.4, -0.2) is 47.0 Å². The topological polar surface area (TPSA) is 102 Å². The molecule has 1 rings (SSSR count). The molecular formula is C13H23N3O4. The molecule has 0 aromatic heterocycles. The fourth-order valence-electron chi connectivity index (χ4n) is 2.18. The second-order valence-electron chi connectivity index (χ2n) is 6.14. The van der Waals surface area contributed by atoms with Gasteiger partial charge in [0.2, 0.25) is 11.8 Å². The van der Waals surface area contributed by atoms with Crippen LogP contribution < -0.4 is 11.1 Å². The highest BCUT2D eigenvalue weighted by molar-refractivity contribution is 5.92. The van der Waals surface area contributed by atoms with Gasteiger partial charge in [-0.1, -0.05) is 0 Å². The maximum atomic E-state index is 12.1. The van der Waals surface area contributed by atoms with Gasteiger partial charge >= 0.3 is 6.09 Å². The van der Waals surface area contributed by atoms with Gasteiger partial charge in [-0.3, -0.25) is 9.59 Å². The van der Waals surface area contributed by atoms with Gasteiger partial charge in [-0.05, 0) is 40.5 Å². The molecule has 0 saturated carbocycles. The number of alkyl carbamates (subject to hydrolysis) is 1. The van der Waals surface area contributed by atoms with Crippen molar-refractivity contribution in [2.45, 2.75) is 51.7 Å². The third-order valence-corrected chi connectivity index (χ3v) is 3.26.